The van der Waals surface area contributed by atoms with Crippen molar-refractivity contribution in [3.05, 3.63) is 0 Å². The molecule has 2 spiro atoms. The number of ether oxygens (including phenoxy) is 10. The number of rotatable bonds is 2. The number of fused-ring (bicyclic) bond motifs is 2. The molecule has 6 rings (SSSR count). The van der Waals surface area contributed by atoms with Crippen molar-refractivity contribution in [2.75, 3.05) is 26.4 Å². The third-order valence-corrected chi connectivity index (χ3v) is 8.17. The Bertz CT molecular complexity index is 874. The van der Waals surface area contributed by atoms with Crippen LogP contribution in [-0.2, 0) is 47.4 Å². The van der Waals surface area contributed by atoms with E-state index in [0.29, 0.717) is 0 Å². The molecule has 0 radical (unpaired) electrons. The fourth-order valence-corrected chi connectivity index (χ4v) is 6.74. The molecular formula is C25H40O12. The zero-order valence-corrected chi connectivity index (χ0v) is 22.8. The summed E-state index contributed by atoms with van der Waals surface area (Å²) in [7, 11) is 0. The summed E-state index contributed by atoms with van der Waals surface area (Å²) in [6.45, 7) is 14.0. The molecule has 6 aliphatic rings. The van der Waals surface area contributed by atoms with Crippen molar-refractivity contribution in [1.82, 2.24) is 0 Å². The topological polar surface area (TPSA) is 133 Å². The summed E-state index contributed by atoms with van der Waals surface area (Å²) in [6.07, 6.45) is -3.55. The van der Waals surface area contributed by atoms with Crippen LogP contribution in [0.2, 0.25) is 0 Å². The molecule has 0 unspecified atom stereocenters. The maximum atomic E-state index is 12.8. The van der Waals surface area contributed by atoms with Gasteiger partial charge in [-0.1, -0.05) is 0 Å². The van der Waals surface area contributed by atoms with Gasteiger partial charge in [-0.15, -0.1) is 0 Å². The van der Waals surface area contributed by atoms with Crippen molar-refractivity contribution < 1.29 is 57.6 Å². The predicted molar refractivity (Wildman–Crippen MR) is 122 cm³/mol. The second kappa shape index (κ2) is 7.62. The monoisotopic (exact) mass is 532 g/mol. The zero-order chi connectivity index (χ0) is 26.9. The first-order chi connectivity index (χ1) is 16.9. The molecule has 0 aromatic carbocycles. The van der Waals surface area contributed by atoms with Crippen molar-refractivity contribution in [1.29, 1.82) is 0 Å². The van der Waals surface area contributed by atoms with E-state index in [-0.39, 0.29) is 26.4 Å². The molecule has 6 heterocycles. The van der Waals surface area contributed by atoms with E-state index in [4.69, 9.17) is 47.4 Å². The fourth-order valence-electron chi connectivity index (χ4n) is 6.74. The lowest BCUT2D eigenvalue weighted by Crippen LogP contribution is -2.78. The van der Waals surface area contributed by atoms with Crippen LogP contribution in [0.5, 0.6) is 0 Å². The minimum Gasteiger partial charge on any atom is -0.381 e. The van der Waals surface area contributed by atoms with Crippen molar-refractivity contribution in [2.45, 2.75) is 132 Å². The Kier molecular flexibility index (Phi) is 5.51. The summed E-state index contributed by atoms with van der Waals surface area (Å²) >= 11 is 0. The molecule has 0 aliphatic carbocycles. The summed E-state index contributed by atoms with van der Waals surface area (Å²) in [5, 5.41) is 25.5. The largest absolute Gasteiger partial charge is 0.381 e. The van der Waals surface area contributed by atoms with Crippen LogP contribution in [0, 0.1) is 0 Å². The van der Waals surface area contributed by atoms with Crippen molar-refractivity contribution in [3.8, 4) is 0 Å². The SMILES string of the molecule is CC1(C)O[C@@H]2[C@@H](CO[C@]3(COC(C)(C)O3)[C@@]2(O)C[C@@]2(O)[C@@H]3OC(C)(C)O[C@@H]3CO[C@]23COC(C)(C)O3)O1. The van der Waals surface area contributed by atoms with Crippen molar-refractivity contribution >= 4 is 0 Å². The smallest absolute Gasteiger partial charge is 0.227 e. The molecule has 212 valence electrons. The van der Waals surface area contributed by atoms with Gasteiger partial charge in [-0.05, 0) is 55.4 Å². The lowest BCUT2D eigenvalue weighted by molar-refractivity contribution is -0.408. The van der Waals surface area contributed by atoms with Crippen molar-refractivity contribution in [2.24, 2.45) is 0 Å². The summed E-state index contributed by atoms with van der Waals surface area (Å²) in [5.41, 5.74) is -4.01. The second-order valence-corrected chi connectivity index (χ2v) is 12.9. The Balaban J connectivity index is 1.47. The lowest BCUT2D eigenvalue weighted by Gasteiger charge is -2.57. The van der Waals surface area contributed by atoms with Gasteiger partial charge >= 0.3 is 0 Å². The fraction of sp³-hybridized carbons (Fsp3) is 1.00. The van der Waals surface area contributed by atoms with Gasteiger partial charge in [0.15, 0.2) is 34.4 Å². The highest BCUT2D eigenvalue weighted by atomic mass is 16.9. The highest BCUT2D eigenvalue weighted by Crippen LogP contribution is 2.58. The average Bonchev–Trinajstić information content (AvgIpc) is 3.45. The van der Waals surface area contributed by atoms with Crippen LogP contribution in [0.25, 0.3) is 0 Å². The van der Waals surface area contributed by atoms with Gasteiger partial charge < -0.3 is 57.6 Å². The van der Waals surface area contributed by atoms with Crippen LogP contribution in [0.1, 0.15) is 61.8 Å². The minimum absolute atomic E-state index is 0.0985. The van der Waals surface area contributed by atoms with Gasteiger partial charge in [-0.2, -0.15) is 0 Å². The normalized spacial score (nSPS) is 53.0. The molecule has 37 heavy (non-hydrogen) atoms. The number of hydrogen-bond acceptors (Lipinski definition) is 12. The summed E-state index contributed by atoms with van der Waals surface area (Å²) < 4.78 is 61.4. The van der Waals surface area contributed by atoms with Crippen LogP contribution in [-0.4, -0.2) is 107 Å². The van der Waals surface area contributed by atoms with E-state index in [1.165, 1.54) is 0 Å². The molecule has 0 amide bonds. The number of hydrogen-bond donors (Lipinski definition) is 2. The molecule has 6 fully saturated rings. The number of aliphatic hydroxyl groups is 2. The molecule has 6 aliphatic heterocycles. The van der Waals surface area contributed by atoms with Crippen LogP contribution in [0.3, 0.4) is 0 Å². The van der Waals surface area contributed by atoms with E-state index in [9.17, 15) is 10.2 Å². The van der Waals surface area contributed by atoms with E-state index >= 15 is 0 Å². The highest BCUT2D eigenvalue weighted by Gasteiger charge is 2.78. The first-order valence-corrected chi connectivity index (χ1v) is 13.0. The minimum atomic E-state index is -2.00. The molecule has 12 nitrogen and oxygen atoms in total. The Morgan fingerprint density at radius 1 is 0.541 bits per heavy atom. The molecule has 2 N–H and O–H groups in total. The molecular weight excluding hydrogens is 492 g/mol. The van der Waals surface area contributed by atoms with E-state index in [1.807, 2.05) is 0 Å². The molecule has 12 heteroatoms. The maximum absolute atomic E-state index is 12.8. The third-order valence-electron chi connectivity index (χ3n) is 8.17. The average molecular weight is 533 g/mol. The van der Waals surface area contributed by atoms with E-state index in [1.54, 1.807) is 55.4 Å². The maximum Gasteiger partial charge on any atom is 0.227 e. The van der Waals surface area contributed by atoms with Crippen molar-refractivity contribution in [3.63, 3.8) is 0 Å². The first-order valence-electron chi connectivity index (χ1n) is 13.0. The predicted octanol–water partition coefficient (Wildman–Crippen LogP) is 0.898. The van der Waals surface area contributed by atoms with Gasteiger partial charge in [-0.3, -0.25) is 0 Å². The highest BCUT2D eigenvalue weighted by molar-refractivity contribution is 5.20. The van der Waals surface area contributed by atoms with Gasteiger partial charge in [-0.25, -0.2) is 0 Å². The van der Waals surface area contributed by atoms with E-state index in [0.717, 1.165) is 0 Å². The Hall–Kier alpha value is -0.480. The van der Waals surface area contributed by atoms with Crippen LogP contribution >= 0.6 is 0 Å². The molecule has 0 aromatic heterocycles. The van der Waals surface area contributed by atoms with Gasteiger partial charge in [0, 0.05) is 6.42 Å². The lowest BCUT2D eigenvalue weighted by atomic mass is 9.68. The quantitative estimate of drug-likeness (QED) is 0.523. The Labute approximate surface area is 216 Å². The van der Waals surface area contributed by atoms with Gasteiger partial charge in [0.1, 0.15) is 37.6 Å². The van der Waals surface area contributed by atoms with Gasteiger partial charge in [0.2, 0.25) is 11.6 Å². The van der Waals surface area contributed by atoms with Gasteiger partial charge in [0.05, 0.1) is 13.2 Å². The third kappa shape index (κ3) is 3.87. The summed E-state index contributed by atoms with van der Waals surface area (Å²) in [4.78, 5) is 0. The summed E-state index contributed by atoms with van der Waals surface area (Å²) in [5.74, 6) is -7.52. The molecule has 0 aromatic rings. The van der Waals surface area contributed by atoms with Crippen LogP contribution in [0.15, 0.2) is 0 Å². The second-order valence-electron chi connectivity index (χ2n) is 12.9. The summed E-state index contributed by atoms with van der Waals surface area (Å²) in [6, 6.07) is 0. The van der Waals surface area contributed by atoms with E-state index < -0.39 is 76.8 Å². The van der Waals surface area contributed by atoms with Crippen LogP contribution in [0.4, 0.5) is 0 Å². The first kappa shape index (κ1) is 26.7. The Morgan fingerprint density at radius 2 is 0.919 bits per heavy atom. The molecule has 6 saturated heterocycles. The standard InChI is InChI=1S/C25H40O12/c1-18(2)30-12-24(36-18)22(26,16-14(9-28-24)32-20(5,6)34-16)11-23(27)17-15(33-21(7,8)35-17)10-29-25(23)13-31-19(3,4)37-25/h14-17,26-27H,9-13H2,1-8H3/t14-,15-,16-,17-,22-,23-,24+,25+/m1/s1. The van der Waals surface area contributed by atoms with E-state index in [2.05, 4.69) is 0 Å². The molecule has 0 saturated carbocycles. The molecule has 8 atom stereocenters. The van der Waals surface area contributed by atoms with Gasteiger partial charge in [0.25, 0.3) is 0 Å². The Morgan fingerprint density at radius 3 is 1.24 bits per heavy atom. The molecule has 0 bridgehead atoms. The zero-order valence-electron chi connectivity index (χ0n) is 22.8. The van der Waals surface area contributed by atoms with Crippen LogP contribution < -0.4 is 0 Å².